The summed E-state index contributed by atoms with van der Waals surface area (Å²) in [6.07, 6.45) is 4.29. The third-order valence-electron chi connectivity index (χ3n) is 4.73. The molecule has 0 radical (unpaired) electrons. The highest BCUT2D eigenvalue weighted by Gasteiger charge is 2.16. The maximum Gasteiger partial charge on any atom is 0.199 e. The van der Waals surface area contributed by atoms with E-state index in [0.29, 0.717) is 11.7 Å². The zero-order valence-corrected chi connectivity index (χ0v) is 13.5. The van der Waals surface area contributed by atoms with Crippen LogP contribution in [-0.4, -0.2) is 41.9 Å². The first-order chi connectivity index (χ1) is 11.8. The predicted octanol–water partition coefficient (Wildman–Crippen LogP) is 0.974. The van der Waals surface area contributed by atoms with E-state index >= 15 is 0 Å². The third-order valence-corrected chi connectivity index (χ3v) is 4.73. The van der Waals surface area contributed by atoms with E-state index in [2.05, 4.69) is 28.2 Å². The van der Waals surface area contributed by atoms with Crippen LogP contribution in [0.4, 0.5) is 0 Å². The average molecular weight is 321 g/mol. The first-order valence-electron chi connectivity index (χ1n) is 8.39. The van der Waals surface area contributed by atoms with Crippen LogP contribution in [0.3, 0.4) is 0 Å². The molecule has 0 unspecified atom stereocenters. The quantitative estimate of drug-likeness (QED) is 0.628. The van der Waals surface area contributed by atoms with E-state index in [1.54, 1.807) is 6.20 Å². The summed E-state index contributed by atoms with van der Waals surface area (Å²) in [7, 11) is 0. The number of aryl methyl sites for hydroxylation is 2. The number of hydrogen-bond acceptors (Lipinski definition) is 4. The average Bonchev–Trinajstić information content (AvgIpc) is 2.63. The van der Waals surface area contributed by atoms with Gasteiger partial charge in [0.05, 0.1) is 11.1 Å². The monoisotopic (exact) mass is 321 g/mol. The standard InChI is InChI=1S/C19H19N3O2/c23-13-16-12-22-6-1-2-15-10-14(11-17(18(15)22)19(16)24)3-7-21-8-4-20-5-9-21/h10-13,20H,1-2,4-6,8-9H2. The first-order valence-corrected chi connectivity index (χ1v) is 8.39. The minimum atomic E-state index is -0.190. The first kappa shape index (κ1) is 15.0. The number of carbonyl (C=O) groups is 1. The topological polar surface area (TPSA) is 54.3 Å². The SMILES string of the molecule is O=Cc1cn2c3c(cc(C#CN4CCNCC4)cc3c1=O)CCC2. The molecular formula is C19H19N3O2. The Balaban J connectivity index is 1.84. The van der Waals surface area contributed by atoms with Gasteiger partial charge in [0, 0.05) is 55.9 Å². The zero-order chi connectivity index (χ0) is 16.5. The molecule has 3 heterocycles. The molecular weight excluding hydrogens is 302 g/mol. The molecule has 0 amide bonds. The summed E-state index contributed by atoms with van der Waals surface area (Å²) in [5.74, 6) is 3.20. The van der Waals surface area contributed by atoms with E-state index < -0.39 is 0 Å². The van der Waals surface area contributed by atoms with Crippen molar-refractivity contribution in [3.8, 4) is 12.0 Å². The minimum absolute atomic E-state index is 0.190. The maximum atomic E-state index is 12.6. The molecule has 1 saturated heterocycles. The summed E-state index contributed by atoms with van der Waals surface area (Å²) < 4.78 is 2.03. The Labute approximate surface area is 140 Å². The van der Waals surface area contributed by atoms with Gasteiger partial charge < -0.3 is 14.8 Å². The van der Waals surface area contributed by atoms with Crippen LogP contribution in [0.25, 0.3) is 10.9 Å². The van der Waals surface area contributed by atoms with Gasteiger partial charge in [0.15, 0.2) is 11.7 Å². The molecule has 5 nitrogen and oxygen atoms in total. The van der Waals surface area contributed by atoms with Gasteiger partial charge in [-0.3, -0.25) is 9.59 Å². The molecule has 2 aromatic rings. The Kier molecular flexibility index (Phi) is 3.83. The number of pyridine rings is 1. The van der Waals surface area contributed by atoms with Crippen LogP contribution in [0, 0.1) is 12.0 Å². The van der Waals surface area contributed by atoms with Crippen molar-refractivity contribution in [2.45, 2.75) is 19.4 Å². The van der Waals surface area contributed by atoms with Crippen LogP contribution in [0.5, 0.6) is 0 Å². The Morgan fingerprint density at radius 2 is 2.00 bits per heavy atom. The number of nitrogens with zero attached hydrogens (tertiary/aromatic N) is 2. The fraction of sp³-hybridized carbons (Fsp3) is 0.368. The Morgan fingerprint density at radius 3 is 2.79 bits per heavy atom. The van der Waals surface area contributed by atoms with Crippen LogP contribution < -0.4 is 10.7 Å². The van der Waals surface area contributed by atoms with E-state index in [1.807, 2.05) is 10.6 Å². The van der Waals surface area contributed by atoms with E-state index in [4.69, 9.17) is 0 Å². The second kappa shape index (κ2) is 6.14. The van der Waals surface area contributed by atoms with Crippen molar-refractivity contribution in [3.05, 3.63) is 45.2 Å². The van der Waals surface area contributed by atoms with Gasteiger partial charge in [-0.15, -0.1) is 0 Å². The molecule has 0 bridgehead atoms. The van der Waals surface area contributed by atoms with Gasteiger partial charge in [0.25, 0.3) is 0 Å². The summed E-state index contributed by atoms with van der Waals surface area (Å²) in [5.41, 5.74) is 3.00. The Bertz CT molecular complexity index is 927. The summed E-state index contributed by atoms with van der Waals surface area (Å²) in [4.78, 5) is 25.9. The zero-order valence-electron chi connectivity index (χ0n) is 13.5. The summed E-state index contributed by atoms with van der Waals surface area (Å²) in [6, 6.07) is 7.13. The van der Waals surface area contributed by atoms with Crippen LogP contribution in [0.1, 0.15) is 27.9 Å². The fourth-order valence-corrected chi connectivity index (χ4v) is 3.54. The number of hydrogen-bond donors (Lipinski definition) is 1. The lowest BCUT2D eigenvalue weighted by atomic mass is 9.97. The van der Waals surface area contributed by atoms with Crippen LogP contribution >= 0.6 is 0 Å². The molecule has 1 fully saturated rings. The van der Waals surface area contributed by atoms with Crippen molar-refractivity contribution < 1.29 is 4.79 Å². The van der Waals surface area contributed by atoms with Crippen molar-refractivity contribution in [2.75, 3.05) is 26.2 Å². The second-order valence-corrected chi connectivity index (χ2v) is 6.33. The Hall–Kier alpha value is -2.58. The summed E-state index contributed by atoms with van der Waals surface area (Å²) >= 11 is 0. The van der Waals surface area contributed by atoms with Crippen LogP contribution in [0.15, 0.2) is 23.1 Å². The number of benzene rings is 1. The molecule has 2 aliphatic rings. The number of piperazine rings is 1. The van der Waals surface area contributed by atoms with Gasteiger partial charge in [-0.05, 0) is 36.5 Å². The number of nitrogens with one attached hydrogen (secondary N) is 1. The van der Waals surface area contributed by atoms with Gasteiger partial charge in [-0.2, -0.15) is 0 Å². The van der Waals surface area contributed by atoms with E-state index in [1.165, 1.54) is 0 Å². The van der Waals surface area contributed by atoms with E-state index in [-0.39, 0.29) is 11.0 Å². The largest absolute Gasteiger partial charge is 0.346 e. The molecule has 1 aromatic carbocycles. The molecule has 0 atom stereocenters. The van der Waals surface area contributed by atoms with Crippen molar-refractivity contribution in [2.24, 2.45) is 0 Å². The summed E-state index contributed by atoms with van der Waals surface area (Å²) in [5, 5.41) is 3.92. The lowest BCUT2D eigenvalue weighted by Crippen LogP contribution is -2.40. The van der Waals surface area contributed by atoms with Gasteiger partial charge in [-0.1, -0.05) is 0 Å². The van der Waals surface area contributed by atoms with Crippen molar-refractivity contribution in [3.63, 3.8) is 0 Å². The molecule has 5 heteroatoms. The smallest absolute Gasteiger partial charge is 0.199 e. The molecule has 4 rings (SSSR count). The van der Waals surface area contributed by atoms with Gasteiger partial charge in [-0.25, -0.2) is 0 Å². The van der Waals surface area contributed by atoms with Gasteiger partial charge >= 0.3 is 0 Å². The molecule has 0 aliphatic carbocycles. The Morgan fingerprint density at radius 1 is 1.17 bits per heavy atom. The molecule has 24 heavy (non-hydrogen) atoms. The lowest BCUT2D eigenvalue weighted by Gasteiger charge is -2.23. The van der Waals surface area contributed by atoms with Crippen molar-refractivity contribution in [1.29, 1.82) is 0 Å². The number of carbonyl (C=O) groups excluding carboxylic acids is 1. The minimum Gasteiger partial charge on any atom is -0.346 e. The molecule has 0 saturated carbocycles. The molecule has 1 aromatic heterocycles. The highest BCUT2D eigenvalue weighted by atomic mass is 16.1. The van der Waals surface area contributed by atoms with Crippen molar-refractivity contribution in [1.82, 2.24) is 14.8 Å². The highest BCUT2D eigenvalue weighted by molar-refractivity contribution is 5.89. The van der Waals surface area contributed by atoms with Crippen molar-refractivity contribution >= 4 is 17.2 Å². The molecule has 1 N–H and O–H groups in total. The van der Waals surface area contributed by atoms with Crippen LogP contribution in [-0.2, 0) is 13.0 Å². The third kappa shape index (κ3) is 2.59. The summed E-state index contributed by atoms with van der Waals surface area (Å²) in [6.45, 7) is 4.57. The number of aldehydes is 1. The molecule has 2 aliphatic heterocycles. The lowest BCUT2D eigenvalue weighted by molar-refractivity contribution is 0.112. The second-order valence-electron chi connectivity index (χ2n) is 6.33. The maximum absolute atomic E-state index is 12.6. The van der Waals surface area contributed by atoms with Gasteiger partial charge in [0.2, 0.25) is 0 Å². The predicted molar refractivity (Wildman–Crippen MR) is 93.2 cm³/mol. The highest BCUT2D eigenvalue weighted by Crippen LogP contribution is 2.25. The normalized spacial score (nSPS) is 16.6. The van der Waals surface area contributed by atoms with E-state index in [0.717, 1.165) is 62.2 Å². The molecule has 122 valence electrons. The number of rotatable bonds is 1. The number of aromatic nitrogens is 1. The molecule has 0 spiro atoms. The van der Waals surface area contributed by atoms with Gasteiger partial charge in [0.1, 0.15) is 0 Å². The van der Waals surface area contributed by atoms with Crippen LogP contribution in [0.2, 0.25) is 0 Å². The fourth-order valence-electron chi connectivity index (χ4n) is 3.54. The van der Waals surface area contributed by atoms with E-state index in [9.17, 15) is 9.59 Å².